The highest BCUT2D eigenvalue weighted by molar-refractivity contribution is 9.10. The fourth-order valence-electron chi connectivity index (χ4n) is 3.21. The Morgan fingerprint density at radius 1 is 1.17 bits per heavy atom. The molecule has 0 saturated heterocycles. The van der Waals surface area contributed by atoms with E-state index in [1.54, 1.807) is 25.1 Å². The van der Waals surface area contributed by atoms with Crippen molar-refractivity contribution in [2.45, 2.75) is 6.92 Å². The highest BCUT2D eigenvalue weighted by Crippen LogP contribution is 2.32. The number of hydrazine groups is 1. The second kappa shape index (κ2) is 7.62. The molecule has 0 atom stereocenters. The van der Waals surface area contributed by atoms with Crippen LogP contribution >= 0.6 is 27.5 Å². The molecule has 0 saturated carbocycles. The van der Waals surface area contributed by atoms with E-state index in [2.05, 4.69) is 26.3 Å². The first-order chi connectivity index (χ1) is 14.3. The Labute approximate surface area is 183 Å². The summed E-state index contributed by atoms with van der Waals surface area (Å²) >= 11 is 9.28. The normalized spacial score (nSPS) is 13.4. The third-order valence-electron chi connectivity index (χ3n) is 4.56. The number of fused-ring (bicyclic) bond motifs is 3. The maximum Gasteiger partial charge on any atom is 0.282 e. The standard InChI is InChI=1S/C21H12BrClFN3O3/c1-10-18-19(14-8-12(22)4-6-16(14)25-10)21(30)27(20(18)29)26-17(28)7-3-11-2-5-13(24)9-15(11)23/h2-9H,1H3,(H,26,28)/b7-3+. The summed E-state index contributed by atoms with van der Waals surface area (Å²) in [5.41, 5.74) is 3.99. The van der Waals surface area contributed by atoms with Crippen molar-refractivity contribution in [2.24, 2.45) is 0 Å². The van der Waals surface area contributed by atoms with Crippen LogP contribution in [-0.2, 0) is 4.79 Å². The predicted octanol–water partition coefficient (Wildman–Crippen LogP) is 4.44. The summed E-state index contributed by atoms with van der Waals surface area (Å²) in [6.45, 7) is 1.63. The molecule has 1 aliphatic rings. The minimum atomic E-state index is -0.721. The van der Waals surface area contributed by atoms with Gasteiger partial charge in [-0.2, -0.15) is 5.01 Å². The number of rotatable bonds is 3. The van der Waals surface area contributed by atoms with E-state index in [0.717, 1.165) is 16.6 Å². The van der Waals surface area contributed by atoms with Crippen LogP contribution in [0.1, 0.15) is 32.0 Å². The predicted molar refractivity (Wildman–Crippen MR) is 113 cm³/mol. The Hall–Kier alpha value is -3.10. The highest BCUT2D eigenvalue weighted by Gasteiger charge is 2.40. The third kappa shape index (κ3) is 3.48. The van der Waals surface area contributed by atoms with Gasteiger partial charge in [-0.15, -0.1) is 0 Å². The summed E-state index contributed by atoms with van der Waals surface area (Å²) in [5, 5.41) is 1.30. The lowest BCUT2D eigenvalue weighted by atomic mass is 10.0. The molecule has 0 radical (unpaired) electrons. The number of nitrogens with zero attached hydrogens (tertiary/aromatic N) is 2. The Bertz CT molecular complexity index is 1290. The Morgan fingerprint density at radius 2 is 1.90 bits per heavy atom. The summed E-state index contributed by atoms with van der Waals surface area (Å²) in [6, 6.07) is 8.94. The van der Waals surface area contributed by atoms with E-state index in [0.29, 0.717) is 27.2 Å². The molecule has 2 aromatic carbocycles. The van der Waals surface area contributed by atoms with Gasteiger partial charge < -0.3 is 0 Å². The number of halogens is 3. The number of aryl methyl sites for hydroxylation is 1. The molecule has 2 heterocycles. The molecular formula is C21H12BrClFN3O3. The zero-order chi connectivity index (χ0) is 21.6. The minimum absolute atomic E-state index is 0.124. The lowest BCUT2D eigenvalue weighted by Crippen LogP contribution is -2.45. The fourth-order valence-corrected chi connectivity index (χ4v) is 3.80. The number of imide groups is 1. The minimum Gasteiger partial charge on any atom is -0.268 e. The second-order valence-electron chi connectivity index (χ2n) is 6.53. The maximum absolute atomic E-state index is 13.1. The molecular weight excluding hydrogens is 477 g/mol. The van der Waals surface area contributed by atoms with Gasteiger partial charge in [-0.05, 0) is 48.9 Å². The molecule has 1 aromatic heterocycles. The van der Waals surface area contributed by atoms with Crippen LogP contribution in [0.5, 0.6) is 0 Å². The Morgan fingerprint density at radius 3 is 2.63 bits per heavy atom. The molecule has 9 heteroatoms. The quantitative estimate of drug-likeness (QED) is 0.437. The van der Waals surface area contributed by atoms with E-state index in [4.69, 9.17) is 11.6 Å². The summed E-state index contributed by atoms with van der Waals surface area (Å²) in [5.74, 6) is -2.54. The van der Waals surface area contributed by atoms with Gasteiger partial charge in [-0.25, -0.2) is 4.39 Å². The van der Waals surface area contributed by atoms with Crippen LogP contribution in [0.4, 0.5) is 4.39 Å². The molecule has 1 N–H and O–H groups in total. The van der Waals surface area contributed by atoms with Crippen LogP contribution in [0.2, 0.25) is 5.02 Å². The summed E-state index contributed by atoms with van der Waals surface area (Å²) in [6.07, 6.45) is 2.46. The molecule has 0 bridgehead atoms. The van der Waals surface area contributed by atoms with Crippen molar-refractivity contribution in [2.75, 3.05) is 0 Å². The lowest BCUT2D eigenvalue weighted by molar-refractivity contribution is -0.119. The van der Waals surface area contributed by atoms with Gasteiger partial charge >= 0.3 is 0 Å². The van der Waals surface area contributed by atoms with Crippen LogP contribution < -0.4 is 5.43 Å². The number of carbonyl (C=O) groups excluding carboxylic acids is 3. The van der Waals surface area contributed by atoms with Crippen molar-refractivity contribution >= 4 is 62.2 Å². The number of hydrogen-bond acceptors (Lipinski definition) is 4. The largest absolute Gasteiger partial charge is 0.282 e. The number of pyridine rings is 1. The van der Waals surface area contributed by atoms with Gasteiger partial charge in [0.25, 0.3) is 17.7 Å². The average Bonchev–Trinajstić information content (AvgIpc) is 2.93. The molecule has 3 amide bonds. The lowest BCUT2D eigenvalue weighted by Gasteiger charge is -2.13. The second-order valence-corrected chi connectivity index (χ2v) is 7.85. The van der Waals surface area contributed by atoms with E-state index >= 15 is 0 Å². The molecule has 0 aliphatic carbocycles. The van der Waals surface area contributed by atoms with Gasteiger partial charge in [0.1, 0.15) is 5.82 Å². The number of amides is 3. The van der Waals surface area contributed by atoms with Gasteiger partial charge in [-0.3, -0.25) is 24.8 Å². The van der Waals surface area contributed by atoms with Crippen LogP contribution in [0.25, 0.3) is 17.0 Å². The third-order valence-corrected chi connectivity index (χ3v) is 5.38. The maximum atomic E-state index is 13.1. The smallest absolute Gasteiger partial charge is 0.268 e. The number of aromatic nitrogens is 1. The first-order valence-corrected chi connectivity index (χ1v) is 9.86. The van der Waals surface area contributed by atoms with Gasteiger partial charge in [0, 0.05) is 15.9 Å². The number of nitrogens with one attached hydrogen (secondary N) is 1. The van der Waals surface area contributed by atoms with Crippen molar-refractivity contribution < 1.29 is 18.8 Å². The van der Waals surface area contributed by atoms with Crippen LogP contribution in [0, 0.1) is 12.7 Å². The van der Waals surface area contributed by atoms with Gasteiger partial charge in [0.2, 0.25) is 0 Å². The van der Waals surface area contributed by atoms with E-state index < -0.39 is 23.5 Å². The SMILES string of the molecule is Cc1nc2ccc(Br)cc2c2c1C(=O)N(NC(=O)/C=C/c1ccc(F)cc1Cl)C2=O. The number of hydrogen-bond donors (Lipinski definition) is 1. The van der Waals surface area contributed by atoms with Crippen LogP contribution in [0.3, 0.4) is 0 Å². The first-order valence-electron chi connectivity index (χ1n) is 8.68. The zero-order valence-electron chi connectivity index (χ0n) is 15.4. The Balaban J connectivity index is 1.63. The molecule has 3 aromatic rings. The van der Waals surface area contributed by atoms with E-state index in [-0.39, 0.29) is 16.1 Å². The monoisotopic (exact) mass is 487 g/mol. The summed E-state index contributed by atoms with van der Waals surface area (Å²) in [7, 11) is 0. The Kier molecular flexibility index (Phi) is 5.13. The molecule has 0 spiro atoms. The van der Waals surface area contributed by atoms with Crippen molar-refractivity contribution in [3.63, 3.8) is 0 Å². The molecule has 0 unspecified atom stereocenters. The molecule has 6 nitrogen and oxygen atoms in total. The van der Waals surface area contributed by atoms with E-state index in [1.807, 2.05) is 0 Å². The first kappa shape index (κ1) is 20.2. The van der Waals surface area contributed by atoms with E-state index in [1.165, 1.54) is 18.2 Å². The molecule has 150 valence electrons. The van der Waals surface area contributed by atoms with Crippen LogP contribution in [-0.4, -0.2) is 27.7 Å². The van der Waals surface area contributed by atoms with E-state index in [9.17, 15) is 18.8 Å². The summed E-state index contributed by atoms with van der Waals surface area (Å²) < 4.78 is 13.9. The van der Waals surface area contributed by atoms with Gasteiger partial charge in [-0.1, -0.05) is 33.6 Å². The van der Waals surface area contributed by atoms with Crippen molar-refractivity contribution in [1.82, 2.24) is 15.4 Å². The van der Waals surface area contributed by atoms with Crippen molar-refractivity contribution in [3.05, 3.63) is 80.2 Å². The number of benzene rings is 2. The molecule has 30 heavy (non-hydrogen) atoms. The van der Waals surface area contributed by atoms with Gasteiger partial charge in [0.15, 0.2) is 0 Å². The molecule has 4 rings (SSSR count). The van der Waals surface area contributed by atoms with Crippen molar-refractivity contribution in [3.8, 4) is 0 Å². The number of carbonyl (C=O) groups is 3. The summed E-state index contributed by atoms with van der Waals surface area (Å²) in [4.78, 5) is 42.5. The molecule has 0 fully saturated rings. The van der Waals surface area contributed by atoms with Crippen LogP contribution in [0.15, 0.2) is 46.9 Å². The fraction of sp³-hybridized carbons (Fsp3) is 0.0476. The zero-order valence-corrected chi connectivity index (χ0v) is 17.7. The highest BCUT2D eigenvalue weighted by atomic mass is 79.9. The topological polar surface area (TPSA) is 79.4 Å². The van der Waals surface area contributed by atoms with Gasteiger partial charge in [0.05, 0.1) is 27.4 Å². The van der Waals surface area contributed by atoms with Crippen molar-refractivity contribution in [1.29, 1.82) is 0 Å². The average molecular weight is 489 g/mol. The molecule has 1 aliphatic heterocycles.